The monoisotopic (exact) mass is 239 g/mol. The standard InChI is InChI=1S/C12H21N3O2/c1-5-13-12(4,11(16)17-6-2)9-15-8-10(3)7-14-15/h7-8,13H,5-6,9H2,1-4H3. The van der Waals surface area contributed by atoms with E-state index in [4.69, 9.17) is 4.74 Å². The summed E-state index contributed by atoms with van der Waals surface area (Å²) in [4.78, 5) is 11.9. The summed E-state index contributed by atoms with van der Waals surface area (Å²) in [5, 5.41) is 7.36. The molecule has 1 aromatic heterocycles. The zero-order valence-corrected chi connectivity index (χ0v) is 11.0. The summed E-state index contributed by atoms with van der Waals surface area (Å²) in [6.07, 6.45) is 3.69. The van der Waals surface area contributed by atoms with Gasteiger partial charge in [0.15, 0.2) is 0 Å². The minimum Gasteiger partial charge on any atom is -0.465 e. The van der Waals surface area contributed by atoms with Crippen molar-refractivity contribution in [3.05, 3.63) is 18.0 Å². The molecule has 0 saturated heterocycles. The topological polar surface area (TPSA) is 56.2 Å². The molecular formula is C12H21N3O2. The lowest BCUT2D eigenvalue weighted by Crippen LogP contribution is -2.53. The van der Waals surface area contributed by atoms with Crippen LogP contribution in [0.4, 0.5) is 0 Å². The number of aromatic nitrogens is 2. The van der Waals surface area contributed by atoms with Crippen LogP contribution >= 0.6 is 0 Å². The highest BCUT2D eigenvalue weighted by Crippen LogP contribution is 2.11. The summed E-state index contributed by atoms with van der Waals surface area (Å²) in [5.74, 6) is -0.241. The van der Waals surface area contributed by atoms with Crippen LogP contribution in [0.5, 0.6) is 0 Å². The van der Waals surface area contributed by atoms with Crippen LogP contribution in [0.25, 0.3) is 0 Å². The van der Waals surface area contributed by atoms with Gasteiger partial charge in [-0.1, -0.05) is 6.92 Å². The van der Waals surface area contributed by atoms with Gasteiger partial charge in [-0.15, -0.1) is 0 Å². The number of carbonyl (C=O) groups excluding carboxylic acids is 1. The lowest BCUT2D eigenvalue weighted by Gasteiger charge is -2.27. The molecule has 0 spiro atoms. The highest BCUT2D eigenvalue weighted by Gasteiger charge is 2.34. The molecule has 0 bridgehead atoms. The predicted octanol–water partition coefficient (Wildman–Crippen LogP) is 1.12. The van der Waals surface area contributed by atoms with E-state index >= 15 is 0 Å². The van der Waals surface area contributed by atoms with Crippen LogP contribution in [0.3, 0.4) is 0 Å². The summed E-state index contributed by atoms with van der Waals surface area (Å²) in [7, 11) is 0. The Bertz CT molecular complexity index is 376. The fraction of sp³-hybridized carbons (Fsp3) is 0.667. The van der Waals surface area contributed by atoms with E-state index in [0.717, 1.165) is 5.56 Å². The number of carbonyl (C=O) groups is 1. The first-order chi connectivity index (χ1) is 8.01. The van der Waals surface area contributed by atoms with E-state index in [2.05, 4.69) is 10.4 Å². The van der Waals surface area contributed by atoms with Crippen molar-refractivity contribution in [2.45, 2.75) is 39.8 Å². The maximum absolute atomic E-state index is 11.9. The molecule has 0 aromatic carbocycles. The van der Waals surface area contributed by atoms with E-state index < -0.39 is 5.54 Å². The smallest absolute Gasteiger partial charge is 0.327 e. The van der Waals surface area contributed by atoms with E-state index in [1.54, 1.807) is 10.9 Å². The lowest BCUT2D eigenvalue weighted by atomic mass is 10.0. The van der Waals surface area contributed by atoms with Gasteiger partial charge in [0, 0.05) is 6.20 Å². The second-order valence-corrected chi connectivity index (χ2v) is 4.30. The molecule has 1 N–H and O–H groups in total. The average Bonchev–Trinajstić information content (AvgIpc) is 2.64. The molecule has 5 heteroatoms. The van der Waals surface area contributed by atoms with Crippen molar-refractivity contribution in [1.29, 1.82) is 0 Å². The van der Waals surface area contributed by atoms with E-state index in [9.17, 15) is 4.79 Å². The number of aryl methyl sites for hydroxylation is 1. The second kappa shape index (κ2) is 5.82. The van der Waals surface area contributed by atoms with Crippen LogP contribution in [-0.4, -0.2) is 34.4 Å². The first-order valence-corrected chi connectivity index (χ1v) is 5.93. The minimum absolute atomic E-state index is 0.241. The molecule has 0 aliphatic rings. The Kier molecular flexibility index (Phi) is 4.69. The van der Waals surface area contributed by atoms with Crippen molar-refractivity contribution < 1.29 is 9.53 Å². The number of nitrogens with zero attached hydrogens (tertiary/aromatic N) is 2. The first-order valence-electron chi connectivity index (χ1n) is 5.93. The van der Waals surface area contributed by atoms with Crippen molar-refractivity contribution in [3.63, 3.8) is 0 Å². The van der Waals surface area contributed by atoms with Crippen LogP contribution in [0.2, 0.25) is 0 Å². The van der Waals surface area contributed by atoms with Crippen molar-refractivity contribution >= 4 is 5.97 Å². The number of hydrogen-bond donors (Lipinski definition) is 1. The van der Waals surface area contributed by atoms with Crippen LogP contribution in [0.1, 0.15) is 26.3 Å². The Morgan fingerprint density at radius 2 is 2.29 bits per heavy atom. The molecule has 5 nitrogen and oxygen atoms in total. The fourth-order valence-electron chi connectivity index (χ4n) is 1.75. The zero-order chi connectivity index (χ0) is 12.9. The van der Waals surface area contributed by atoms with Crippen LogP contribution in [-0.2, 0) is 16.1 Å². The third kappa shape index (κ3) is 3.56. The molecule has 1 aromatic rings. The van der Waals surface area contributed by atoms with Gasteiger partial charge in [0.2, 0.25) is 0 Å². The van der Waals surface area contributed by atoms with Crippen molar-refractivity contribution in [2.75, 3.05) is 13.2 Å². The normalized spacial score (nSPS) is 14.4. The molecule has 17 heavy (non-hydrogen) atoms. The average molecular weight is 239 g/mol. The minimum atomic E-state index is -0.733. The molecule has 96 valence electrons. The Hall–Kier alpha value is -1.36. The van der Waals surface area contributed by atoms with Gasteiger partial charge in [-0.3, -0.25) is 4.68 Å². The molecule has 1 atom stereocenters. The van der Waals surface area contributed by atoms with Gasteiger partial charge in [0.1, 0.15) is 5.54 Å². The summed E-state index contributed by atoms with van der Waals surface area (Å²) < 4.78 is 6.85. The van der Waals surface area contributed by atoms with Gasteiger partial charge in [0.05, 0.1) is 19.3 Å². The number of hydrogen-bond acceptors (Lipinski definition) is 4. The van der Waals surface area contributed by atoms with Crippen molar-refractivity contribution in [2.24, 2.45) is 0 Å². The van der Waals surface area contributed by atoms with Crippen molar-refractivity contribution in [1.82, 2.24) is 15.1 Å². The fourth-order valence-corrected chi connectivity index (χ4v) is 1.75. The quantitative estimate of drug-likeness (QED) is 0.756. The van der Waals surface area contributed by atoms with E-state index in [-0.39, 0.29) is 5.97 Å². The molecule has 0 fully saturated rings. The van der Waals surface area contributed by atoms with Gasteiger partial charge in [0.25, 0.3) is 0 Å². The molecule has 0 aliphatic heterocycles. The lowest BCUT2D eigenvalue weighted by molar-refractivity contribution is -0.151. The summed E-state index contributed by atoms with van der Waals surface area (Å²) in [5.41, 5.74) is 0.344. The maximum Gasteiger partial charge on any atom is 0.327 e. The summed E-state index contributed by atoms with van der Waals surface area (Å²) >= 11 is 0. The Morgan fingerprint density at radius 3 is 2.76 bits per heavy atom. The molecule has 1 heterocycles. The van der Waals surface area contributed by atoms with Crippen LogP contribution in [0, 0.1) is 6.92 Å². The molecule has 0 saturated carbocycles. The highest BCUT2D eigenvalue weighted by atomic mass is 16.5. The number of ether oxygens (including phenoxy) is 1. The predicted molar refractivity (Wildman–Crippen MR) is 65.7 cm³/mol. The number of esters is 1. The molecule has 1 rings (SSSR count). The second-order valence-electron chi connectivity index (χ2n) is 4.30. The highest BCUT2D eigenvalue weighted by molar-refractivity contribution is 5.80. The number of nitrogens with one attached hydrogen (secondary N) is 1. The largest absolute Gasteiger partial charge is 0.465 e. The first kappa shape index (κ1) is 13.7. The number of likely N-dealkylation sites (N-methyl/N-ethyl adjacent to an activating group) is 1. The van der Waals surface area contributed by atoms with E-state index in [1.807, 2.05) is 33.9 Å². The molecule has 0 amide bonds. The van der Waals surface area contributed by atoms with Gasteiger partial charge >= 0.3 is 5.97 Å². The zero-order valence-electron chi connectivity index (χ0n) is 11.0. The molecule has 0 aliphatic carbocycles. The van der Waals surface area contributed by atoms with Crippen molar-refractivity contribution in [3.8, 4) is 0 Å². The SMILES string of the molecule is CCNC(C)(Cn1cc(C)cn1)C(=O)OCC. The van der Waals surface area contributed by atoms with E-state index in [1.165, 1.54) is 0 Å². The molecule has 1 unspecified atom stereocenters. The molecule has 0 radical (unpaired) electrons. The Labute approximate surface area is 102 Å². The Balaban J connectivity index is 2.80. The molecular weight excluding hydrogens is 218 g/mol. The summed E-state index contributed by atoms with van der Waals surface area (Å²) in [6, 6.07) is 0. The third-order valence-electron chi connectivity index (χ3n) is 2.53. The van der Waals surface area contributed by atoms with Gasteiger partial charge in [-0.05, 0) is 32.9 Å². The summed E-state index contributed by atoms with van der Waals surface area (Å²) in [6.45, 7) is 9.14. The van der Waals surface area contributed by atoms with Gasteiger partial charge in [-0.2, -0.15) is 5.10 Å². The third-order valence-corrected chi connectivity index (χ3v) is 2.53. The maximum atomic E-state index is 11.9. The van der Waals surface area contributed by atoms with Gasteiger partial charge in [-0.25, -0.2) is 4.79 Å². The van der Waals surface area contributed by atoms with Crippen LogP contribution < -0.4 is 5.32 Å². The van der Waals surface area contributed by atoms with Crippen LogP contribution in [0.15, 0.2) is 12.4 Å². The van der Waals surface area contributed by atoms with Gasteiger partial charge < -0.3 is 10.1 Å². The number of rotatable bonds is 6. The van der Waals surface area contributed by atoms with E-state index in [0.29, 0.717) is 19.7 Å². The Morgan fingerprint density at radius 1 is 1.59 bits per heavy atom.